The van der Waals surface area contributed by atoms with Crippen LogP contribution in [0.4, 0.5) is 0 Å². The lowest BCUT2D eigenvalue weighted by atomic mass is 9.95. The van der Waals surface area contributed by atoms with Crippen molar-refractivity contribution < 1.29 is 5.11 Å². The summed E-state index contributed by atoms with van der Waals surface area (Å²) in [4.78, 5) is 2.53. The number of piperidine rings is 1. The summed E-state index contributed by atoms with van der Waals surface area (Å²) in [7, 11) is 0. The van der Waals surface area contributed by atoms with E-state index in [4.69, 9.17) is 5.11 Å². The van der Waals surface area contributed by atoms with Gasteiger partial charge in [-0.3, -0.25) is 0 Å². The first-order valence-electron chi connectivity index (χ1n) is 6.67. The number of hydrogen-bond donors (Lipinski definition) is 1. The Hall–Kier alpha value is -0.860. The molecule has 1 aromatic rings. The van der Waals surface area contributed by atoms with Gasteiger partial charge in [-0.1, -0.05) is 37.3 Å². The highest BCUT2D eigenvalue weighted by Crippen LogP contribution is 2.21. The number of aliphatic hydroxyl groups excluding tert-OH is 1. The first-order valence-corrected chi connectivity index (χ1v) is 6.67. The van der Waals surface area contributed by atoms with Crippen LogP contribution in [0.1, 0.15) is 31.2 Å². The van der Waals surface area contributed by atoms with Gasteiger partial charge in [0.1, 0.15) is 0 Å². The first-order chi connectivity index (χ1) is 8.29. The minimum atomic E-state index is 0.363. The number of benzene rings is 1. The van der Waals surface area contributed by atoms with Gasteiger partial charge in [0, 0.05) is 13.2 Å². The molecular formula is C15H23NO. The second-order valence-corrected chi connectivity index (χ2v) is 5.24. The van der Waals surface area contributed by atoms with Gasteiger partial charge < -0.3 is 10.0 Å². The zero-order chi connectivity index (χ0) is 12.1. The molecule has 0 amide bonds. The van der Waals surface area contributed by atoms with Gasteiger partial charge in [-0.2, -0.15) is 0 Å². The zero-order valence-electron chi connectivity index (χ0n) is 10.7. The smallest absolute Gasteiger partial charge is 0.0460 e. The Morgan fingerprint density at radius 2 is 1.88 bits per heavy atom. The van der Waals surface area contributed by atoms with Crippen LogP contribution in [0.25, 0.3) is 0 Å². The highest BCUT2D eigenvalue weighted by Gasteiger charge is 2.19. The quantitative estimate of drug-likeness (QED) is 0.863. The summed E-state index contributed by atoms with van der Waals surface area (Å²) in [5, 5.41) is 9.12. The lowest BCUT2D eigenvalue weighted by molar-refractivity contribution is 0.128. The fourth-order valence-corrected chi connectivity index (χ4v) is 2.63. The van der Waals surface area contributed by atoms with Crippen molar-refractivity contribution in [3.05, 3.63) is 35.9 Å². The summed E-state index contributed by atoms with van der Waals surface area (Å²) in [5.41, 5.74) is 1.43. The van der Waals surface area contributed by atoms with Crippen molar-refractivity contribution in [3.8, 4) is 0 Å². The van der Waals surface area contributed by atoms with E-state index in [1.807, 2.05) is 0 Å². The average molecular weight is 233 g/mol. The number of aliphatic hydroxyl groups is 1. The van der Waals surface area contributed by atoms with Crippen LogP contribution < -0.4 is 0 Å². The van der Waals surface area contributed by atoms with Crippen LogP contribution in [0, 0.1) is 5.92 Å². The second kappa shape index (κ2) is 6.18. The molecule has 1 atom stereocenters. The molecule has 1 saturated heterocycles. The highest BCUT2D eigenvalue weighted by molar-refractivity contribution is 5.19. The summed E-state index contributed by atoms with van der Waals surface area (Å²) in [6.07, 6.45) is 2.30. The molecule has 1 fully saturated rings. The largest absolute Gasteiger partial charge is 0.396 e. The maximum Gasteiger partial charge on any atom is 0.0460 e. The van der Waals surface area contributed by atoms with E-state index >= 15 is 0 Å². The van der Waals surface area contributed by atoms with Crippen LogP contribution in [0.3, 0.4) is 0 Å². The van der Waals surface area contributed by atoms with Gasteiger partial charge in [-0.15, -0.1) is 0 Å². The third-order valence-electron chi connectivity index (χ3n) is 3.87. The molecular weight excluding hydrogens is 210 g/mol. The predicted octanol–water partition coefficient (Wildman–Crippen LogP) is 2.49. The molecule has 0 spiro atoms. The number of likely N-dealkylation sites (tertiary alicyclic amines) is 1. The molecule has 0 bridgehead atoms. The van der Waals surface area contributed by atoms with E-state index in [0.717, 1.165) is 32.5 Å². The van der Waals surface area contributed by atoms with Crippen LogP contribution >= 0.6 is 0 Å². The average Bonchev–Trinajstić information content (AvgIpc) is 2.40. The monoisotopic (exact) mass is 233 g/mol. The zero-order valence-corrected chi connectivity index (χ0v) is 10.7. The highest BCUT2D eigenvalue weighted by atomic mass is 16.3. The van der Waals surface area contributed by atoms with Crippen molar-refractivity contribution in [1.82, 2.24) is 4.90 Å². The number of rotatable bonds is 4. The summed E-state index contributed by atoms with van der Waals surface area (Å²) in [6.45, 7) is 6.09. The molecule has 94 valence electrons. The normalized spacial score (nSPS) is 20.4. The lowest BCUT2D eigenvalue weighted by Gasteiger charge is -2.32. The second-order valence-electron chi connectivity index (χ2n) is 5.24. The maximum absolute atomic E-state index is 9.12. The van der Waals surface area contributed by atoms with E-state index in [-0.39, 0.29) is 0 Å². The van der Waals surface area contributed by atoms with Gasteiger partial charge in [0.25, 0.3) is 0 Å². The molecule has 1 aliphatic heterocycles. The Kier molecular flexibility index (Phi) is 4.57. The van der Waals surface area contributed by atoms with Gasteiger partial charge in [0.05, 0.1) is 0 Å². The summed E-state index contributed by atoms with van der Waals surface area (Å²) < 4.78 is 0. The molecule has 2 heteroatoms. The van der Waals surface area contributed by atoms with Gasteiger partial charge in [-0.25, -0.2) is 0 Å². The Bertz CT molecular complexity index is 317. The molecule has 1 N–H and O–H groups in total. The molecule has 1 heterocycles. The Labute approximate surface area is 104 Å². The van der Waals surface area contributed by atoms with Crippen molar-refractivity contribution in [2.45, 2.75) is 25.7 Å². The van der Waals surface area contributed by atoms with Gasteiger partial charge in [0.2, 0.25) is 0 Å². The first kappa shape index (κ1) is 12.6. The van der Waals surface area contributed by atoms with E-state index in [2.05, 4.69) is 42.2 Å². The van der Waals surface area contributed by atoms with Gasteiger partial charge in [0.15, 0.2) is 0 Å². The summed E-state index contributed by atoms with van der Waals surface area (Å²) >= 11 is 0. The minimum absolute atomic E-state index is 0.363. The van der Waals surface area contributed by atoms with Crippen molar-refractivity contribution in [2.75, 3.05) is 26.2 Å². The SMILES string of the molecule is C[C@H](CN1CCC(CO)CC1)c1ccccc1. The van der Waals surface area contributed by atoms with E-state index in [9.17, 15) is 0 Å². The van der Waals surface area contributed by atoms with E-state index in [1.54, 1.807) is 0 Å². The van der Waals surface area contributed by atoms with Crippen LogP contribution in [-0.4, -0.2) is 36.2 Å². The molecule has 0 saturated carbocycles. The molecule has 0 aliphatic carbocycles. The Balaban J connectivity index is 1.82. The molecule has 1 aliphatic rings. The van der Waals surface area contributed by atoms with Crippen molar-refractivity contribution in [3.63, 3.8) is 0 Å². The molecule has 0 aromatic heterocycles. The molecule has 2 nitrogen and oxygen atoms in total. The van der Waals surface area contributed by atoms with Gasteiger partial charge >= 0.3 is 0 Å². The van der Waals surface area contributed by atoms with E-state index in [0.29, 0.717) is 18.4 Å². The molecule has 0 unspecified atom stereocenters. The van der Waals surface area contributed by atoms with E-state index in [1.165, 1.54) is 5.56 Å². The third-order valence-corrected chi connectivity index (χ3v) is 3.87. The van der Waals surface area contributed by atoms with Crippen molar-refractivity contribution >= 4 is 0 Å². The van der Waals surface area contributed by atoms with Crippen LogP contribution in [0.2, 0.25) is 0 Å². The standard InChI is InChI=1S/C15H23NO/c1-13(15-5-3-2-4-6-15)11-16-9-7-14(12-17)8-10-16/h2-6,13-14,17H,7-12H2,1H3/t13-/m1/s1. The molecule has 2 rings (SSSR count). The third kappa shape index (κ3) is 3.55. The topological polar surface area (TPSA) is 23.5 Å². The minimum Gasteiger partial charge on any atom is -0.396 e. The maximum atomic E-state index is 9.12. The molecule has 1 aromatic carbocycles. The molecule has 17 heavy (non-hydrogen) atoms. The lowest BCUT2D eigenvalue weighted by Crippen LogP contribution is -2.36. The fourth-order valence-electron chi connectivity index (χ4n) is 2.63. The van der Waals surface area contributed by atoms with Gasteiger partial charge in [-0.05, 0) is 43.3 Å². The van der Waals surface area contributed by atoms with Crippen LogP contribution in [-0.2, 0) is 0 Å². The van der Waals surface area contributed by atoms with Crippen molar-refractivity contribution in [1.29, 1.82) is 0 Å². The molecule has 0 radical (unpaired) electrons. The van der Waals surface area contributed by atoms with E-state index < -0.39 is 0 Å². The van der Waals surface area contributed by atoms with Crippen LogP contribution in [0.5, 0.6) is 0 Å². The number of hydrogen-bond acceptors (Lipinski definition) is 2. The van der Waals surface area contributed by atoms with Crippen LogP contribution in [0.15, 0.2) is 30.3 Å². The Morgan fingerprint density at radius 3 is 2.47 bits per heavy atom. The fraction of sp³-hybridized carbons (Fsp3) is 0.600. The predicted molar refractivity (Wildman–Crippen MR) is 71.1 cm³/mol. The number of nitrogens with zero attached hydrogens (tertiary/aromatic N) is 1. The van der Waals surface area contributed by atoms with Crippen molar-refractivity contribution in [2.24, 2.45) is 5.92 Å². The summed E-state index contributed by atoms with van der Waals surface area (Å²) in [6, 6.07) is 10.7. The Morgan fingerprint density at radius 1 is 1.24 bits per heavy atom. The summed E-state index contributed by atoms with van der Waals surface area (Å²) in [5.74, 6) is 1.14.